The third-order valence-electron chi connectivity index (χ3n) is 2.02. The Morgan fingerprint density at radius 2 is 2.00 bits per heavy atom. The van der Waals surface area contributed by atoms with Crippen LogP contribution >= 0.6 is 0 Å². The third-order valence-corrected chi connectivity index (χ3v) is 2.02. The van der Waals surface area contributed by atoms with E-state index in [4.69, 9.17) is 0 Å². The van der Waals surface area contributed by atoms with Crippen LogP contribution in [0.2, 0.25) is 0 Å². The quantitative estimate of drug-likeness (QED) is 0.477. The maximum Gasteiger partial charge on any atom is 0.327 e. The Balaban J connectivity index is 2.68. The van der Waals surface area contributed by atoms with E-state index in [0.29, 0.717) is 5.69 Å². The van der Waals surface area contributed by atoms with Crippen molar-refractivity contribution >= 4 is 17.3 Å². The Morgan fingerprint density at radius 1 is 1.44 bits per heavy atom. The van der Waals surface area contributed by atoms with Gasteiger partial charge in [-0.25, -0.2) is 4.79 Å². The summed E-state index contributed by atoms with van der Waals surface area (Å²) in [6.45, 7) is 1.65. The highest BCUT2D eigenvalue weighted by molar-refractivity contribution is 5.78. The molecule has 0 bridgehead atoms. The fourth-order valence-corrected chi connectivity index (χ4v) is 1.17. The number of benzene rings is 1. The van der Waals surface area contributed by atoms with Gasteiger partial charge in [0.1, 0.15) is 6.04 Å². The Hall–Kier alpha value is -2.11. The molecule has 1 N–H and O–H groups in total. The zero-order chi connectivity index (χ0) is 12.1. The number of esters is 1. The maximum absolute atomic E-state index is 11.1. The minimum atomic E-state index is -0.494. The van der Waals surface area contributed by atoms with Crippen LogP contribution in [-0.4, -0.2) is 24.0 Å². The number of nitrogens with zero attached hydrogens (tertiary/aromatic N) is 1. The lowest BCUT2D eigenvalue weighted by Gasteiger charge is -2.12. The summed E-state index contributed by atoms with van der Waals surface area (Å²) >= 11 is 0. The predicted octanol–water partition coefficient (Wildman–Crippen LogP) is 1.57. The topological polar surface area (TPSA) is 81.5 Å². The monoisotopic (exact) mass is 224 g/mol. The lowest BCUT2D eigenvalue weighted by molar-refractivity contribution is -0.384. The van der Waals surface area contributed by atoms with Crippen LogP contribution in [0.5, 0.6) is 0 Å². The summed E-state index contributed by atoms with van der Waals surface area (Å²) in [6, 6.07) is 5.32. The molecule has 0 aliphatic carbocycles. The highest BCUT2D eigenvalue weighted by Crippen LogP contribution is 2.16. The molecule has 6 nitrogen and oxygen atoms in total. The van der Waals surface area contributed by atoms with Crippen LogP contribution in [0.3, 0.4) is 0 Å². The molecule has 0 spiro atoms. The first-order valence-electron chi connectivity index (χ1n) is 4.63. The maximum atomic E-state index is 11.1. The molecule has 0 fully saturated rings. The Morgan fingerprint density at radius 3 is 2.44 bits per heavy atom. The van der Waals surface area contributed by atoms with Crippen LogP contribution in [0.25, 0.3) is 0 Å². The Labute approximate surface area is 92.4 Å². The van der Waals surface area contributed by atoms with Crippen LogP contribution < -0.4 is 5.32 Å². The number of nitrogens with one attached hydrogen (secondary N) is 1. The van der Waals surface area contributed by atoms with Gasteiger partial charge in [-0.1, -0.05) is 0 Å². The molecule has 0 aliphatic rings. The van der Waals surface area contributed by atoms with Gasteiger partial charge >= 0.3 is 5.97 Å². The fourth-order valence-electron chi connectivity index (χ4n) is 1.17. The first kappa shape index (κ1) is 12.0. The number of carbonyl (C=O) groups excluding carboxylic acids is 1. The van der Waals surface area contributed by atoms with Gasteiger partial charge in [-0.05, 0) is 19.1 Å². The second-order valence-corrected chi connectivity index (χ2v) is 3.19. The molecule has 0 unspecified atom stereocenters. The summed E-state index contributed by atoms with van der Waals surface area (Å²) < 4.78 is 4.54. The number of nitro groups is 1. The molecule has 0 aromatic heterocycles. The Bertz CT molecular complexity index is 388. The summed E-state index contributed by atoms with van der Waals surface area (Å²) in [7, 11) is 1.30. The molecular formula is C10H12N2O4. The van der Waals surface area contributed by atoms with Gasteiger partial charge in [0.15, 0.2) is 0 Å². The van der Waals surface area contributed by atoms with E-state index in [1.807, 2.05) is 0 Å². The largest absolute Gasteiger partial charge is 0.467 e. The predicted molar refractivity (Wildman–Crippen MR) is 58.2 cm³/mol. The molecule has 0 radical (unpaired) electrons. The molecule has 1 rings (SSSR count). The van der Waals surface area contributed by atoms with Crippen molar-refractivity contribution in [2.24, 2.45) is 0 Å². The zero-order valence-corrected chi connectivity index (χ0v) is 8.97. The number of carbonyl (C=O) groups is 1. The number of anilines is 1. The highest BCUT2D eigenvalue weighted by Gasteiger charge is 2.12. The van der Waals surface area contributed by atoms with Crippen LogP contribution in [0.4, 0.5) is 11.4 Å². The van der Waals surface area contributed by atoms with Gasteiger partial charge in [0.25, 0.3) is 5.69 Å². The summed E-state index contributed by atoms with van der Waals surface area (Å²) in [5.74, 6) is -0.390. The van der Waals surface area contributed by atoms with Gasteiger partial charge in [-0.2, -0.15) is 0 Å². The van der Waals surface area contributed by atoms with Crippen LogP contribution in [0.15, 0.2) is 24.3 Å². The molecule has 1 aromatic carbocycles. The van der Waals surface area contributed by atoms with Crippen molar-refractivity contribution in [2.75, 3.05) is 12.4 Å². The minimum Gasteiger partial charge on any atom is -0.467 e. The van der Waals surface area contributed by atoms with Crippen LogP contribution in [0.1, 0.15) is 6.92 Å². The van der Waals surface area contributed by atoms with Crippen molar-refractivity contribution in [1.82, 2.24) is 0 Å². The third kappa shape index (κ3) is 2.94. The van der Waals surface area contributed by atoms with Gasteiger partial charge in [0.2, 0.25) is 0 Å². The molecule has 0 saturated carbocycles. The van der Waals surface area contributed by atoms with Gasteiger partial charge in [0, 0.05) is 17.8 Å². The van der Waals surface area contributed by atoms with Gasteiger partial charge in [-0.15, -0.1) is 0 Å². The van der Waals surface area contributed by atoms with Gasteiger partial charge in [-0.3, -0.25) is 10.1 Å². The second-order valence-electron chi connectivity index (χ2n) is 3.19. The van der Waals surface area contributed by atoms with Crippen molar-refractivity contribution in [3.63, 3.8) is 0 Å². The SMILES string of the molecule is COC(=O)[C@H](C)Nc1ccc([N+](=O)[O-])cc1. The molecule has 1 aromatic rings. The van der Waals surface area contributed by atoms with Crippen molar-refractivity contribution in [3.8, 4) is 0 Å². The zero-order valence-electron chi connectivity index (χ0n) is 8.97. The number of ether oxygens (including phenoxy) is 1. The summed E-state index contributed by atoms with van der Waals surface area (Å²) in [6.07, 6.45) is 0. The van der Waals surface area contributed by atoms with Crippen molar-refractivity contribution in [1.29, 1.82) is 0 Å². The average molecular weight is 224 g/mol. The van der Waals surface area contributed by atoms with Gasteiger partial charge < -0.3 is 10.1 Å². The number of non-ortho nitro benzene ring substituents is 1. The van der Waals surface area contributed by atoms with Crippen molar-refractivity contribution in [2.45, 2.75) is 13.0 Å². The van der Waals surface area contributed by atoms with E-state index in [-0.39, 0.29) is 5.69 Å². The van der Waals surface area contributed by atoms with E-state index in [1.165, 1.54) is 31.4 Å². The molecule has 6 heteroatoms. The lowest BCUT2D eigenvalue weighted by atomic mass is 10.2. The normalized spacial score (nSPS) is 11.6. The van der Waals surface area contributed by atoms with Gasteiger partial charge in [0.05, 0.1) is 12.0 Å². The molecular weight excluding hydrogens is 212 g/mol. The summed E-state index contributed by atoms with van der Waals surface area (Å²) in [4.78, 5) is 21.0. The number of methoxy groups -OCH3 is 1. The van der Waals surface area contributed by atoms with E-state index in [2.05, 4.69) is 10.1 Å². The van der Waals surface area contributed by atoms with E-state index in [9.17, 15) is 14.9 Å². The smallest absolute Gasteiger partial charge is 0.327 e. The van der Waals surface area contributed by atoms with E-state index in [0.717, 1.165) is 0 Å². The Kier molecular flexibility index (Phi) is 3.82. The molecule has 0 aliphatic heterocycles. The molecule has 16 heavy (non-hydrogen) atoms. The van der Waals surface area contributed by atoms with Crippen molar-refractivity contribution < 1.29 is 14.5 Å². The molecule has 0 saturated heterocycles. The molecule has 1 atom stereocenters. The number of nitro benzene ring substituents is 1. The highest BCUT2D eigenvalue weighted by atomic mass is 16.6. The number of hydrogen-bond acceptors (Lipinski definition) is 5. The molecule has 0 amide bonds. The fraction of sp³-hybridized carbons (Fsp3) is 0.300. The minimum absolute atomic E-state index is 0.0104. The lowest BCUT2D eigenvalue weighted by Crippen LogP contribution is -2.27. The van der Waals surface area contributed by atoms with Crippen LogP contribution in [-0.2, 0) is 9.53 Å². The first-order valence-corrected chi connectivity index (χ1v) is 4.63. The van der Waals surface area contributed by atoms with E-state index < -0.39 is 16.9 Å². The first-order chi connectivity index (χ1) is 7.54. The standard InChI is InChI=1S/C10H12N2O4/c1-7(10(13)16-2)11-8-3-5-9(6-4-8)12(14)15/h3-7,11H,1-2H3/t7-/m0/s1. The number of hydrogen-bond donors (Lipinski definition) is 1. The molecule has 0 heterocycles. The summed E-state index contributed by atoms with van der Waals surface area (Å²) in [5.41, 5.74) is 0.639. The van der Waals surface area contributed by atoms with E-state index in [1.54, 1.807) is 6.92 Å². The van der Waals surface area contributed by atoms with E-state index >= 15 is 0 Å². The number of rotatable bonds is 4. The molecule has 86 valence electrons. The van der Waals surface area contributed by atoms with Crippen LogP contribution in [0, 0.1) is 10.1 Å². The summed E-state index contributed by atoms with van der Waals surface area (Å²) in [5, 5.41) is 13.3. The second kappa shape index (κ2) is 5.11. The average Bonchev–Trinajstić information content (AvgIpc) is 2.28. The van der Waals surface area contributed by atoms with Crippen molar-refractivity contribution in [3.05, 3.63) is 34.4 Å².